The molecule has 7 nitrogen and oxygen atoms in total. The number of hydrogen-bond donors (Lipinski definition) is 1. The Bertz CT molecular complexity index is 710. The summed E-state index contributed by atoms with van der Waals surface area (Å²) in [5.74, 6) is 0.196. The van der Waals surface area contributed by atoms with Crippen molar-refractivity contribution in [3.05, 3.63) is 57.0 Å². The molecule has 0 unspecified atom stereocenters. The van der Waals surface area contributed by atoms with E-state index >= 15 is 0 Å². The van der Waals surface area contributed by atoms with E-state index in [0.717, 1.165) is 17.8 Å². The van der Waals surface area contributed by atoms with Crippen LogP contribution in [0.15, 0.2) is 41.5 Å². The first kappa shape index (κ1) is 16.6. The minimum atomic E-state index is -0.474. The molecule has 0 radical (unpaired) electrons. The molecule has 23 heavy (non-hydrogen) atoms. The maximum Gasteiger partial charge on any atom is 0.324 e. The fourth-order valence-electron chi connectivity index (χ4n) is 1.68. The summed E-state index contributed by atoms with van der Waals surface area (Å²) in [5, 5.41) is 14.3. The van der Waals surface area contributed by atoms with Gasteiger partial charge in [-0.3, -0.25) is 14.9 Å². The van der Waals surface area contributed by atoms with Crippen LogP contribution in [-0.4, -0.2) is 23.7 Å². The van der Waals surface area contributed by atoms with Gasteiger partial charge in [0, 0.05) is 6.07 Å². The van der Waals surface area contributed by atoms with Gasteiger partial charge in [0.15, 0.2) is 6.61 Å². The Morgan fingerprint density at radius 2 is 2.09 bits per heavy atom. The van der Waals surface area contributed by atoms with E-state index in [0.29, 0.717) is 10.6 Å². The van der Waals surface area contributed by atoms with Crippen molar-refractivity contribution in [1.82, 2.24) is 5.43 Å². The lowest BCUT2D eigenvalue weighted by atomic mass is 10.2. The van der Waals surface area contributed by atoms with Crippen molar-refractivity contribution < 1.29 is 14.5 Å². The Morgan fingerprint density at radius 1 is 1.35 bits per heavy atom. The highest BCUT2D eigenvalue weighted by Gasteiger charge is 2.08. The van der Waals surface area contributed by atoms with E-state index in [-0.39, 0.29) is 11.6 Å². The predicted molar refractivity (Wildman–Crippen MR) is 88.0 cm³/mol. The second-order valence-electron chi connectivity index (χ2n) is 4.51. The predicted octanol–water partition coefficient (Wildman–Crippen LogP) is 2.75. The maximum absolute atomic E-state index is 11.6. The van der Waals surface area contributed by atoms with Crippen molar-refractivity contribution in [1.29, 1.82) is 0 Å². The zero-order valence-electron chi connectivity index (χ0n) is 12.4. The van der Waals surface area contributed by atoms with E-state index < -0.39 is 10.8 Å². The normalized spacial score (nSPS) is 10.7. The molecule has 1 heterocycles. The molecule has 0 spiro atoms. The Kier molecular flexibility index (Phi) is 5.81. The minimum absolute atomic E-state index is 0.0247. The van der Waals surface area contributed by atoms with E-state index in [9.17, 15) is 14.9 Å². The summed E-state index contributed by atoms with van der Waals surface area (Å²) < 4.78 is 5.33. The molecule has 0 aliphatic heterocycles. The SMILES string of the molecule is CCc1ccc(OCC(=O)N/N=C/c2ccc([N+](=O)[O-])s2)cc1. The van der Waals surface area contributed by atoms with E-state index in [1.807, 2.05) is 12.1 Å². The van der Waals surface area contributed by atoms with Gasteiger partial charge in [-0.1, -0.05) is 30.4 Å². The fourth-order valence-corrected chi connectivity index (χ4v) is 2.37. The van der Waals surface area contributed by atoms with Gasteiger partial charge in [0.2, 0.25) is 0 Å². The number of hydrogen-bond acceptors (Lipinski definition) is 6. The van der Waals surface area contributed by atoms with Crippen LogP contribution in [0.2, 0.25) is 0 Å². The molecule has 1 amide bonds. The number of carbonyl (C=O) groups is 1. The molecular formula is C15H15N3O4S. The third-order valence-electron chi connectivity index (χ3n) is 2.88. The lowest BCUT2D eigenvalue weighted by molar-refractivity contribution is -0.380. The van der Waals surface area contributed by atoms with Crippen LogP contribution in [0.5, 0.6) is 5.75 Å². The van der Waals surface area contributed by atoms with Crippen LogP contribution in [-0.2, 0) is 11.2 Å². The highest BCUT2D eigenvalue weighted by molar-refractivity contribution is 7.16. The van der Waals surface area contributed by atoms with Crippen molar-refractivity contribution in [2.75, 3.05) is 6.61 Å². The Hall–Kier alpha value is -2.74. The lowest BCUT2D eigenvalue weighted by Crippen LogP contribution is -2.24. The minimum Gasteiger partial charge on any atom is -0.484 e. The molecule has 1 aromatic heterocycles. The van der Waals surface area contributed by atoms with Crippen molar-refractivity contribution in [2.45, 2.75) is 13.3 Å². The summed E-state index contributed by atoms with van der Waals surface area (Å²) in [6.45, 7) is 1.90. The Morgan fingerprint density at radius 3 is 2.70 bits per heavy atom. The van der Waals surface area contributed by atoms with Crippen LogP contribution in [0.1, 0.15) is 17.4 Å². The van der Waals surface area contributed by atoms with Crippen molar-refractivity contribution in [3.63, 3.8) is 0 Å². The highest BCUT2D eigenvalue weighted by Crippen LogP contribution is 2.22. The molecule has 0 bridgehead atoms. The van der Waals surface area contributed by atoms with E-state index in [2.05, 4.69) is 17.5 Å². The van der Waals surface area contributed by atoms with Gasteiger partial charge in [0.25, 0.3) is 5.91 Å². The van der Waals surface area contributed by atoms with E-state index in [4.69, 9.17) is 4.74 Å². The Labute approximate surface area is 136 Å². The molecule has 8 heteroatoms. The molecule has 0 saturated heterocycles. The van der Waals surface area contributed by atoms with E-state index in [1.165, 1.54) is 17.8 Å². The number of nitro groups is 1. The average molecular weight is 333 g/mol. The van der Waals surface area contributed by atoms with Crippen molar-refractivity contribution in [3.8, 4) is 5.75 Å². The number of hydrazone groups is 1. The summed E-state index contributed by atoms with van der Waals surface area (Å²) in [6.07, 6.45) is 2.29. The van der Waals surface area contributed by atoms with Gasteiger partial charge in [-0.15, -0.1) is 0 Å². The third-order valence-corrected chi connectivity index (χ3v) is 3.85. The van der Waals surface area contributed by atoms with Gasteiger partial charge < -0.3 is 4.74 Å². The maximum atomic E-state index is 11.6. The topological polar surface area (TPSA) is 93.8 Å². The monoisotopic (exact) mass is 333 g/mol. The number of nitrogens with one attached hydrogen (secondary N) is 1. The van der Waals surface area contributed by atoms with Crippen LogP contribution >= 0.6 is 11.3 Å². The van der Waals surface area contributed by atoms with Gasteiger partial charge in [0.1, 0.15) is 5.75 Å². The van der Waals surface area contributed by atoms with Gasteiger partial charge in [-0.25, -0.2) is 5.43 Å². The molecule has 0 fully saturated rings. The zero-order valence-corrected chi connectivity index (χ0v) is 13.2. The summed E-state index contributed by atoms with van der Waals surface area (Å²) in [6, 6.07) is 10.4. The number of ether oxygens (including phenoxy) is 1. The lowest BCUT2D eigenvalue weighted by Gasteiger charge is -2.05. The first-order chi connectivity index (χ1) is 11.1. The van der Waals surface area contributed by atoms with Gasteiger partial charge in [-0.2, -0.15) is 5.10 Å². The summed E-state index contributed by atoms with van der Waals surface area (Å²) in [4.78, 5) is 22.2. The van der Waals surface area contributed by atoms with E-state index in [1.54, 1.807) is 18.2 Å². The van der Waals surface area contributed by atoms with Crippen molar-refractivity contribution >= 4 is 28.5 Å². The van der Waals surface area contributed by atoms with Crippen molar-refractivity contribution in [2.24, 2.45) is 5.10 Å². The van der Waals surface area contributed by atoms with Crippen LogP contribution in [0.4, 0.5) is 5.00 Å². The molecule has 0 aliphatic carbocycles. The number of carbonyl (C=O) groups excluding carboxylic acids is 1. The fraction of sp³-hybridized carbons (Fsp3) is 0.200. The third kappa shape index (κ3) is 5.19. The molecule has 0 aliphatic rings. The molecular weight excluding hydrogens is 318 g/mol. The number of benzene rings is 1. The summed E-state index contributed by atoms with van der Waals surface area (Å²) in [5.41, 5.74) is 3.50. The zero-order chi connectivity index (χ0) is 16.7. The molecule has 120 valence electrons. The molecule has 0 atom stereocenters. The molecule has 2 aromatic rings. The Balaban J connectivity index is 1.77. The smallest absolute Gasteiger partial charge is 0.324 e. The molecule has 0 saturated carbocycles. The van der Waals surface area contributed by atoms with Crippen LogP contribution in [0.25, 0.3) is 0 Å². The first-order valence-electron chi connectivity index (χ1n) is 6.86. The average Bonchev–Trinajstić information content (AvgIpc) is 3.02. The summed E-state index contributed by atoms with van der Waals surface area (Å²) in [7, 11) is 0. The molecule has 1 aromatic carbocycles. The standard InChI is InChI=1S/C15H15N3O4S/c1-2-11-3-5-12(6-4-11)22-10-14(19)17-16-9-13-7-8-15(23-13)18(20)21/h3-9H,2,10H2,1H3,(H,17,19)/b16-9+. The number of amides is 1. The van der Waals surface area contributed by atoms with Gasteiger partial charge in [-0.05, 0) is 30.2 Å². The number of aryl methyl sites for hydroxylation is 1. The number of nitrogens with zero attached hydrogens (tertiary/aromatic N) is 2. The van der Waals surface area contributed by atoms with Gasteiger partial charge in [0.05, 0.1) is 16.0 Å². The number of thiophene rings is 1. The van der Waals surface area contributed by atoms with Crippen LogP contribution in [0, 0.1) is 10.1 Å². The largest absolute Gasteiger partial charge is 0.484 e. The first-order valence-corrected chi connectivity index (χ1v) is 7.68. The van der Waals surface area contributed by atoms with Crippen LogP contribution in [0.3, 0.4) is 0 Å². The number of rotatable bonds is 7. The summed E-state index contributed by atoms with van der Waals surface area (Å²) >= 11 is 0.975. The second-order valence-corrected chi connectivity index (χ2v) is 5.61. The van der Waals surface area contributed by atoms with Crippen LogP contribution < -0.4 is 10.2 Å². The van der Waals surface area contributed by atoms with Gasteiger partial charge >= 0.3 is 5.00 Å². The quantitative estimate of drug-likeness (QED) is 0.479. The molecule has 1 N–H and O–H groups in total. The molecule has 2 rings (SSSR count). The highest BCUT2D eigenvalue weighted by atomic mass is 32.1. The second kappa shape index (κ2) is 8.04.